The van der Waals surface area contributed by atoms with Crippen LogP contribution in [0.15, 0.2) is 42.2 Å². The van der Waals surface area contributed by atoms with Crippen molar-refractivity contribution in [2.24, 2.45) is 10.9 Å². The van der Waals surface area contributed by atoms with Crippen molar-refractivity contribution in [3.63, 3.8) is 0 Å². The van der Waals surface area contributed by atoms with Crippen molar-refractivity contribution in [2.45, 2.75) is 0 Å². The van der Waals surface area contributed by atoms with E-state index in [0.717, 1.165) is 5.52 Å². The Balaban J connectivity index is 2.27. The highest BCUT2D eigenvalue weighted by atomic mass is 16.4. The molecule has 0 aromatic carbocycles. The van der Waals surface area contributed by atoms with E-state index in [2.05, 4.69) is 20.2 Å². The monoisotopic (exact) mass is 243 g/mol. The second-order valence-corrected chi connectivity index (χ2v) is 3.52. The number of amidine groups is 1. The molecule has 0 radical (unpaired) electrons. The van der Waals surface area contributed by atoms with Gasteiger partial charge in [-0.3, -0.25) is 4.57 Å². The summed E-state index contributed by atoms with van der Waals surface area (Å²) < 4.78 is 3.31. The van der Waals surface area contributed by atoms with Gasteiger partial charge in [0, 0.05) is 24.8 Å². The molecule has 3 aromatic heterocycles. The molecule has 0 bridgehead atoms. The van der Waals surface area contributed by atoms with Crippen LogP contribution in [0.1, 0.15) is 5.82 Å². The van der Waals surface area contributed by atoms with Crippen LogP contribution in [0.2, 0.25) is 0 Å². The third-order valence-corrected chi connectivity index (χ3v) is 2.51. The Hall–Kier alpha value is -2.90. The SMILES string of the molecule is N/C(=N/O)c1nccn1-c1nccn2nccc12. The zero-order chi connectivity index (χ0) is 12.5. The minimum absolute atomic E-state index is 0.0803. The number of nitrogens with two attached hydrogens (primary N) is 1. The Labute approximate surface area is 101 Å². The average Bonchev–Trinajstić information content (AvgIpc) is 3.05. The molecule has 0 fully saturated rings. The van der Waals surface area contributed by atoms with Gasteiger partial charge in [0.15, 0.2) is 11.6 Å². The molecule has 0 aliphatic heterocycles. The minimum Gasteiger partial charge on any atom is -0.409 e. The Morgan fingerprint density at radius 2 is 2.06 bits per heavy atom. The first kappa shape index (κ1) is 10.3. The zero-order valence-corrected chi connectivity index (χ0v) is 9.17. The van der Waals surface area contributed by atoms with E-state index < -0.39 is 0 Å². The first-order valence-electron chi connectivity index (χ1n) is 5.11. The van der Waals surface area contributed by atoms with E-state index in [-0.39, 0.29) is 5.84 Å². The van der Waals surface area contributed by atoms with Gasteiger partial charge in [0.05, 0.1) is 6.20 Å². The number of imidazole rings is 1. The van der Waals surface area contributed by atoms with Crippen molar-refractivity contribution >= 4 is 11.4 Å². The largest absolute Gasteiger partial charge is 0.409 e. The van der Waals surface area contributed by atoms with Gasteiger partial charge >= 0.3 is 0 Å². The maximum atomic E-state index is 8.72. The van der Waals surface area contributed by atoms with Gasteiger partial charge in [-0.1, -0.05) is 5.16 Å². The molecule has 18 heavy (non-hydrogen) atoms. The summed E-state index contributed by atoms with van der Waals surface area (Å²) in [4.78, 5) is 8.30. The fourth-order valence-corrected chi connectivity index (χ4v) is 1.74. The molecule has 8 heteroatoms. The molecule has 3 rings (SSSR count). The van der Waals surface area contributed by atoms with Crippen LogP contribution < -0.4 is 5.73 Å². The molecular formula is C10H9N7O. The highest BCUT2D eigenvalue weighted by molar-refractivity contribution is 5.94. The van der Waals surface area contributed by atoms with Crippen LogP contribution in [0.4, 0.5) is 0 Å². The molecule has 90 valence electrons. The lowest BCUT2D eigenvalue weighted by Crippen LogP contribution is -2.19. The number of oxime groups is 1. The number of aromatic nitrogens is 5. The predicted octanol–water partition coefficient (Wildman–Crippen LogP) is 0.00950. The van der Waals surface area contributed by atoms with Gasteiger partial charge in [-0.25, -0.2) is 14.5 Å². The molecule has 0 spiro atoms. The van der Waals surface area contributed by atoms with Crippen LogP contribution in [0.3, 0.4) is 0 Å². The summed E-state index contributed by atoms with van der Waals surface area (Å²) in [6.45, 7) is 0. The highest BCUT2D eigenvalue weighted by Crippen LogP contribution is 2.14. The topological polar surface area (TPSA) is 107 Å². The fraction of sp³-hybridized carbons (Fsp3) is 0. The molecular weight excluding hydrogens is 234 g/mol. The number of hydrogen-bond donors (Lipinski definition) is 2. The maximum Gasteiger partial charge on any atom is 0.206 e. The van der Waals surface area contributed by atoms with E-state index in [1.165, 1.54) is 0 Å². The zero-order valence-electron chi connectivity index (χ0n) is 9.17. The van der Waals surface area contributed by atoms with E-state index in [0.29, 0.717) is 11.6 Å². The number of nitrogens with zero attached hydrogens (tertiary/aromatic N) is 6. The molecule has 0 unspecified atom stereocenters. The van der Waals surface area contributed by atoms with Crippen LogP contribution in [0.25, 0.3) is 11.3 Å². The first-order valence-corrected chi connectivity index (χ1v) is 5.11. The summed E-state index contributed by atoms with van der Waals surface area (Å²) in [6, 6.07) is 1.82. The third kappa shape index (κ3) is 1.39. The molecule has 3 aromatic rings. The second-order valence-electron chi connectivity index (χ2n) is 3.52. The van der Waals surface area contributed by atoms with Crippen molar-refractivity contribution in [3.8, 4) is 5.82 Å². The van der Waals surface area contributed by atoms with Gasteiger partial charge in [0.1, 0.15) is 5.52 Å². The lowest BCUT2D eigenvalue weighted by Gasteiger charge is -2.06. The van der Waals surface area contributed by atoms with Gasteiger partial charge in [0.25, 0.3) is 0 Å². The molecule has 0 atom stereocenters. The molecule has 0 saturated carbocycles. The van der Waals surface area contributed by atoms with Gasteiger partial charge in [-0.15, -0.1) is 0 Å². The summed E-state index contributed by atoms with van der Waals surface area (Å²) >= 11 is 0. The molecule has 0 amide bonds. The molecule has 0 aliphatic carbocycles. The van der Waals surface area contributed by atoms with Crippen molar-refractivity contribution < 1.29 is 5.21 Å². The first-order chi connectivity index (χ1) is 8.81. The Bertz CT molecular complexity index is 726. The molecule has 3 N–H and O–H groups in total. The van der Waals surface area contributed by atoms with E-state index in [1.54, 1.807) is 40.1 Å². The number of hydrogen-bond acceptors (Lipinski definition) is 5. The van der Waals surface area contributed by atoms with Crippen LogP contribution in [0.5, 0.6) is 0 Å². The Morgan fingerprint density at radius 3 is 2.89 bits per heavy atom. The van der Waals surface area contributed by atoms with Crippen LogP contribution in [-0.4, -0.2) is 35.2 Å². The number of fused-ring (bicyclic) bond motifs is 1. The summed E-state index contributed by atoms with van der Waals surface area (Å²) in [5.41, 5.74) is 6.36. The van der Waals surface area contributed by atoms with E-state index in [1.807, 2.05) is 6.07 Å². The predicted molar refractivity (Wildman–Crippen MR) is 62.6 cm³/mol. The summed E-state index contributed by atoms with van der Waals surface area (Å²) in [5, 5.41) is 15.8. The van der Waals surface area contributed by atoms with E-state index in [9.17, 15) is 0 Å². The summed E-state index contributed by atoms with van der Waals surface area (Å²) in [7, 11) is 0. The Morgan fingerprint density at radius 1 is 1.22 bits per heavy atom. The normalized spacial score (nSPS) is 12.1. The lowest BCUT2D eigenvalue weighted by atomic mass is 10.4. The van der Waals surface area contributed by atoms with Crippen LogP contribution in [-0.2, 0) is 0 Å². The van der Waals surface area contributed by atoms with Gasteiger partial charge in [-0.05, 0) is 6.07 Å². The average molecular weight is 243 g/mol. The van der Waals surface area contributed by atoms with E-state index in [4.69, 9.17) is 10.9 Å². The fourth-order valence-electron chi connectivity index (χ4n) is 1.74. The number of rotatable bonds is 2. The second kappa shape index (κ2) is 3.84. The summed E-state index contributed by atoms with van der Waals surface area (Å²) in [6.07, 6.45) is 8.25. The Kier molecular flexibility index (Phi) is 2.19. The van der Waals surface area contributed by atoms with Crippen LogP contribution >= 0.6 is 0 Å². The lowest BCUT2D eigenvalue weighted by molar-refractivity contribution is 0.318. The third-order valence-electron chi connectivity index (χ3n) is 2.51. The van der Waals surface area contributed by atoms with Crippen molar-refractivity contribution in [1.82, 2.24) is 24.1 Å². The quantitative estimate of drug-likeness (QED) is 0.285. The standard InChI is InChI=1S/C10H9N7O/c11-8(15-18)10-13-3-5-16(10)9-7-1-2-14-17(7)6-4-12-9/h1-6,18H,(H2,11,15). The summed E-state index contributed by atoms with van der Waals surface area (Å²) in [5.74, 6) is 0.844. The molecule has 0 saturated heterocycles. The van der Waals surface area contributed by atoms with Gasteiger partial charge in [0.2, 0.25) is 5.84 Å². The molecule has 3 heterocycles. The maximum absolute atomic E-state index is 8.72. The molecule has 0 aliphatic rings. The van der Waals surface area contributed by atoms with E-state index >= 15 is 0 Å². The van der Waals surface area contributed by atoms with Gasteiger partial charge < -0.3 is 10.9 Å². The van der Waals surface area contributed by atoms with Crippen molar-refractivity contribution in [2.75, 3.05) is 0 Å². The molecule has 8 nitrogen and oxygen atoms in total. The van der Waals surface area contributed by atoms with Crippen molar-refractivity contribution in [3.05, 3.63) is 42.9 Å². The van der Waals surface area contributed by atoms with Crippen LogP contribution in [0, 0.1) is 0 Å². The smallest absolute Gasteiger partial charge is 0.206 e. The minimum atomic E-state index is -0.0803. The van der Waals surface area contributed by atoms with Gasteiger partial charge in [-0.2, -0.15) is 5.10 Å². The van der Waals surface area contributed by atoms with Crippen molar-refractivity contribution in [1.29, 1.82) is 0 Å². The highest BCUT2D eigenvalue weighted by Gasteiger charge is 2.13.